The van der Waals surface area contributed by atoms with E-state index in [0.29, 0.717) is 29.8 Å². The summed E-state index contributed by atoms with van der Waals surface area (Å²) in [5, 5.41) is 17.3. The molecule has 0 amide bonds. The molecule has 0 saturated carbocycles. The molecule has 26 heavy (non-hydrogen) atoms. The number of aliphatic carboxylic acids is 2. The SMILES string of the molecule is O=C(O)C(CCCCl)c1ccc(F)cc1.O=C(O)Cc1ccc(F)cc1. The van der Waals surface area contributed by atoms with Gasteiger partial charge in [-0.1, -0.05) is 24.3 Å². The zero-order valence-electron chi connectivity index (χ0n) is 13.9. The summed E-state index contributed by atoms with van der Waals surface area (Å²) in [7, 11) is 0. The molecule has 0 heterocycles. The molecule has 4 nitrogen and oxygen atoms in total. The smallest absolute Gasteiger partial charge is 0.310 e. The number of hydrogen-bond donors (Lipinski definition) is 2. The van der Waals surface area contributed by atoms with Crippen LogP contribution in [0, 0.1) is 11.6 Å². The number of halogens is 3. The summed E-state index contributed by atoms with van der Waals surface area (Å²) in [6, 6.07) is 11.0. The molecular formula is C19H19ClF2O4. The molecule has 0 radical (unpaired) electrons. The first-order chi connectivity index (χ1) is 12.3. The van der Waals surface area contributed by atoms with E-state index in [0.717, 1.165) is 0 Å². The van der Waals surface area contributed by atoms with E-state index in [2.05, 4.69) is 0 Å². The third-order valence-corrected chi connectivity index (χ3v) is 3.73. The highest BCUT2D eigenvalue weighted by atomic mass is 35.5. The first-order valence-electron chi connectivity index (χ1n) is 7.84. The third kappa shape index (κ3) is 8.07. The van der Waals surface area contributed by atoms with Gasteiger partial charge in [-0.2, -0.15) is 0 Å². The van der Waals surface area contributed by atoms with Crippen LogP contribution in [0.25, 0.3) is 0 Å². The molecule has 0 aliphatic rings. The lowest BCUT2D eigenvalue weighted by molar-refractivity contribution is -0.139. The minimum absolute atomic E-state index is 0.0553. The van der Waals surface area contributed by atoms with Crippen molar-refractivity contribution in [3.8, 4) is 0 Å². The Balaban J connectivity index is 0.000000273. The van der Waals surface area contributed by atoms with Gasteiger partial charge in [0.05, 0.1) is 12.3 Å². The fourth-order valence-corrected chi connectivity index (χ4v) is 2.34. The molecule has 140 valence electrons. The van der Waals surface area contributed by atoms with Crippen LogP contribution in [-0.4, -0.2) is 28.0 Å². The van der Waals surface area contributed by atoms with Crippen LogP contribution in [0.2, 0.25) is 0 Å². The third-order valence-electron chi connectivity index (χ3n) is 3.47. The van der Waals surface area contributed by atoms with Crippen LogP contribution < -0.4 is 0 Å². The van der Waals surface area contributed by atoms with Crippen molar-refractivity contribution < 1.29 is 28.6 Å². The molecule has 2 aromatic rings. The van der Waals surface area contributed by atoms with E-state index in [1.54, 1.807) is 0 Å². The molecule has 0 saturated heterocycles. The summed E-state index contributed by atoms with van der Waals surface area (Å²) < 4.78 is 24.9. The number of rotatable bonds is 7. The quantitative estimate of drug-likeness (QED) is 0.691. The summed E-state index contributed by atoms with van der Waals surface area (Å²) in [5.74, 6) is -2.67. The van der Waals surface area contributed by atoms with E-state index in [-0.39, 0.29) is 18.1 Å². The molecule has 2 N–H and O–H groups in total. The number of benzene rings is 2. The maximum absolute atomic E-state index is 12.6. The van der Waals surface area contributed by atoms with Crippen molar-refractivity contribution >= 4 is 23.5 Å². The first-order valence-corrected chi connectivity index (χ1v) is 8.37. The van der Waals surface area contributed by atoms with Gasteiger partial charge in [-0.15, -0.1) is 11.6 Å². The fourth-order valence-electron chi connectivity index (χ4n) is 2.19. The zero-order valence-corrected chi connectivity index (χ0v) is 14.6. The number of carbonyl (C=O) groups is 2. The summed E-state index contributed by atoms with van der Waals surface area (Å²) >= 11 is 5.51. The van der Waals surface area contributed by atoms with Crippen molar-refractivity contribution in [2.75, 3.05) is 5.88 Å². The Hall–Kier alpha value is -2.47. The highest BCUT2D eigenvalue weighted by Gasteiger charge is 2.18. The standard InChI is InChI=1S/C11H12ClFO2.C8H7FO2/c12-7-1-2-10(11(14)15)8-3-5-9(13)6-4-8;9-7-3-1-6(2-4-7)5-8(10)11/h3-6,10H,1-2,7H2,(H,14,15);1-4H,5H2,(H,10,11). The van der Waals surface area contributed by atoms with Gasteiger partial charge in [-0.3, -0.25) is 9.59 Å². The van der Waals surface area contributed by atoms with E-state index < -0.39 is 17.9 Å². The van der Waals surface area contributed by atoms with E-state index in [1.165, 1.54) is 48.5 Å². The predicted molar refractivity (Wildman–Crippen MR) is 94.5 cm³/mol. The molecule has 0 spiro atoms. The summed E-state index contributed by atoms with van der Waals surface area (Å²) in [4.78, 5) is 21.1. The Morgan fingerprint density at radius 3 is 1.85 bits per heavy atom. The van der Waals surface area contributed by atoms with Crippen molar-refractivity contribution in [2.24, 2.45) is 0 Å². The molecule has 1 atom stereocenters. The second-order valence-corrected chi connectivity index (χ2v) is 5.85. The largest absolute Gasteiger partial charge is 0.481 e. The van der Waals surface area contributed by atoms with Gasteiger partial charge in [-0.25, -0.2) is 8.78 Å². The molecule has 2 aromatic carbocycles. The van der Waals surface area contributed by atoms with E-state index in [9.17, 15) is 18.4 Å². The lowest BCUT2D eigenvalue weighted by Gasteiger charge is -2.11. The normalized spacial score (nSPS) is 11.2. The Morgan fingerprint density at radius 2 is 1.42 bits per heavy atom. The fraction of sp³-hybridized carbons (Fsp3) is 0.263. The number of alkyl halides is 1. The second kappa shape index (κ2) is 11.2. The second-order valence-electron chi connectivity index (χ2n) is 5.47. The maximum atomic E-state index is 12.6. The molecule has 0 bridgehead atoms. The molecular weight excluding hydrogens is 366 g/mol. The maximum Gasteiger partial charge on any atom is 0.310 e. The van der Waals surface area contributed by atoms with Crippen LogP contribution in [0.15, 0.2) is 48.5 Å². The van der Waals surface area contributed by atoms with Gasteiger partial charge in [-0.05, 0) is 48.2 Å². The van der Waals surface area contributed by atoms with Crippen LogP contribution >= 0.6 is 11.6 Å². The first kappa shape index (κ1) is 21.6. The van der Waals surface area contributed by atoms with Crippen LogP contribution in [0.1, 0.15) is 29.9 Å². The predicted octanol–water partition coefficient (Wildman–Crippen LogP) is 4.47. The van der Waals surface area contributed by atoms with Gasteiger partial charge in [0.2, 0.25) is 0 Å². The minimum atomic E-state index is -0.906. The van der Waals surface area contributed by atoms with Crippen molar-refractivity contribution in [3.63, 3.8) is 0 Å². The number of carboxylic acid groups (broad SMARTS) is 2. The highest BCUT2D eigenvalue weighted by Crippen LogP contribution is 2.22. The van der Waals surface area contributed by atoms with Gasteiger partial charge in [0.1, 0.15) is 11.6 Å². The van der Waals surface area contributed by atoms with Crippen LogP contribution in [-0.2, 0) is 16.0 Å². The lowest BCUT2D eigenvalue weighted by atomic mass is 9.95. The van der Waals surface area contributed by atoms with Crippen LogP contribution in [0.4, 0.5) is 8.78 Å². The van der Waals surface area contributed by atoms with E-state index in [4.69, 9.17) is 21.8 Å². The van der Waals surface area contributed by atoms with E-state index in [1.807, 2.05) is 0 Å². The highest BCUT2D eigenvalue weighted by molar-refractivity contribution is 6.17. The Labute approximate surface area is 155 Å². The number of carboxylic acids is 2. The monoisotopic (exact) mass is 384 g/mol. The lowest BCUT2D eigenvalue weighted by Crippen LogP contribution is -2.11. The minimum Gasteiger partial charge on any atom is -0.481 e. The summed E-state index contributed by atoms with van der Waals surface area (Å²) in [5.41, 5.74) is 1.23. The van der Waals surface area contributed by atoms with Crippen molar-refractivity contribution in [2.45, 2.75) is 25.2 Å². The average Bonchev–Trinajstić information content (AvgIpc) is 2.59. The molecule has 0 fully saturated rings. The van der Waals surface area contributed by atoms with Crippen LogP contribution in [0.5, 0.6) is 0 Å². The van der Waals surface area contributed by atoms with Crippen molar-refractivity contribution in [1.82, 2.24) is 0 Å². The molecule has 0 aliphatic heterocycles. The molecule has 0 aromatic heterocycles. The van der Waals surface area contributed by atoms with Gasteiger partial charge >= 0.3 is 11.9 Å². The number of hydrogen-bond acceptors (Lipinski definition) is 2. The van der Waals surface area contributed by atoms with Gasteiger partial charge in [0.25, 0.3) is 0 Å². The molecule has 2 rings (SSSR count). The molecule has 1 unspecified atom stereocenters. The Kier molecular flexibility index (Phi) is 9.30. The molecule has 0 aliphatic carbocycles. The topological polar surface area (TPSA) is 74.6 Å². The van der Waals surface area contributed by atoms with Gasteiger partial charge in [0.15, 0.2) is 0 Å². The van der Waals surface area contributed by atoms with Gasteiger partial charge < -0.3 is 10.2 Å². The van der Waals surface area contributed by atoms with Crippen molar-refractivity contribution in [3.05, 3.63) is 71.3 Å². The van der Waals surface area contributed by atoms with Crippen LogP contribution in [0.3, 0.4) is 0 Å². The van der Waals surface area contributed by atoms with E-state index >= 15 is 0 Å². The zero-order chi connectivity index (χ0) is 19.5. The Morgan fingerprint density at radius 1 is 0.923 bits per heavy atom. The van der Waals surface area contributed by atoms with Gasteiger partial charge in [0, 0.05) is 5.88 Å². The Bertz CT molecular complexity index is 702. The summed E-state index contributed by atoms with van der Waals surface area (Å²) in [6.07, 6.45) is 1.06. The molecule has 7 heteroatoms. The summed E-state index contributed by atoms with van der Waals surface area (Å²) in [6.45, 7) is 0. The average molecular weight is 385 g/mol. The van der Waals surface area contributed by atoms with Crippen molar-refractivity contribution in [1.29, 1.82) is 0 Å².